The lowest BCUT2D eigenvalue weighted by atomic mass is 10.2. The van der Waals surface area contributed by atoms with Crippen LogP contribution >= 0.6 is 0 Å². The molecule has 0 saturated carbocycles. The number of carbonyl (C=O) groups is 1. The van der Waals surface area contributed by atoms with E-state index in [1.165, 1.54) is 18.5 Å². The number of carbonyl (C=O) groups excluding carboxylic acids is 1. The molecule has 2 aromatic heterocycles. The first-order valence-electron chi connectivity index (χ1n) is 10.2. The number of amides is 2. The third kappa shape index (κ3) is 5.33. The monoisotopic (exact) mass is 478 g/mol. The van der Waals surface area contributed by atoms with Crippen LogP contribution in [0.4, 0.5) is 49.8 Å². The van der Waals surface area contributed by atoms with Crippen molar-refractivity contribution in [2.24, 2.45) is 0 Å². The maximum absolute atomic E-state index is 13.7. The minimum Gasteiger partial charge on any atom is -0.353 e. The van der Waals surface area contributed by atoms with Crippen LogP contribution in [-0.2, 0) is 6.18 Å². The van der Waals surface area contributed by atoms with Crippen LogP contribution in [0.25, 0.3) is 0 Å². The summed E-state index contributed by atoms with van der Waals surface area (Å²) in [6.45, 7) is 1.51. The maximum Gasteiger partial charge on any atom is 0.419 e. The Bertz CT molecular complexity index is 1160. The number of rotatable bonds is 4. The number of pyridine rings is 2. The predicted molar refractivity (Wildman–Crippen MR) is 117 cm³/mol. The van der Waals surface area contributed by atoms with E-state index >= 15 is 0 Å². The Balaban J connectivity index is 1.34. The molecule has 1 saturated heterocycles. The molecule has 2 amide bonds. The number of alkyl halides is 3. The van der Waals surface area contributed by atoms with Gasteiger partial charge in [-0.15, -0.1) is 0 Å². The van der Waals surface area contributed by atoms with Crippen LogP contribution in [0.2, 0.25) is 0 Å². The minimum atomic E-state index is -4.49. The molecule has 0 atom stereocenters. The Labute approximate surface area is 191 Å². The molecule has 12 heteroatoms. The number of benzene rings is 1. The molecule has 0 spiro atoms. The Morgan fingerprint density at radius 3 is 2.29 bits per heavy atom. The lowest BCUT2D eigenvalue weighted by Gasteiger charge is -2.36. The number of hydrogen-bond acceptors (Lipinski definition) is 5. The highest BCUT2D eigenvalue weighted by Gasteiger charge is 2.36. The first-order chi connectivity index (χ1) is 16.2. The van der Waals surface area contributed by atoms with Crippen LogP contribution in [0.3, 0.4) is 0 Å². The van der Waals surface area contributed by atoms with Gasteiger partial charge in [-0.05, 0) is 36.4 Å². The zero-order valence-corrected chi connectivity index (χ0v) is 17.6. The van der Waals surface area contributed by atoms with E-state index in [1.807, 2.05) is 4.90 Å². The summed E-state index contributed by atoms with van der Waals surface area (Å²) in [6.07, 6.45) is -1.74. The summed E-state index contributed by atoms with van der Waals surface area (Å²) in [7, 11) is 0. The summed E-state index contributed by atoms with van der Waals surface area (Å²) < 4.78 is 66.5. The highest BCUT2D eigenvalue weighted by atomic mass is 19.4. The molecule has 0 bridgehead atoms. The molecule has 1 aliphatic rings. The van der Waals surface area contributed by atoms with Crippen LogP contribution < -0.4 is 20.4 Å². The summed E-state index contributed by atoms with van der Waals surface area (Å²) in [5, 5.41) is 4.77. The first kappa shape index (κ1) is 23.2. The summed E-state index contributed by atoms with van der Waals surface area (Å²) in [5.41, 5.74) is -0.607. The lowest BCUT2D eigenvalue weighted by molar-refractivity contribution is -0.137. The van der Waals surface area contributed by atoms with Gasteiger partial charge in [0.2, 0.25) is 0 Å². The van der Waals surface area contributed by atoms with E-state index in [1.54, 1.807) is 17.0 Å². The van der Waals surface area contributed by atoms with E-state index in [0.29, 0.717) is 43.8 Å². The molecule has 0 radical (unpaired) electrons. The second-order valence-corrected chi connectivity index (χ2v) is 7.45. The number of halogens is 5. The van der Waals surface area contributed by atoms with Crippen molar-refractivity contribution in [2.75, 3.05) is 46.6 Å². The standard InChI is InChI=1S/C22H19F5N6O/c23-14-3-5-18(17(24)12-14)31-21(34)30-15-4-6-19(29-13-15)32-8-10-33(11-9-32)20-16(22(25,26)27)2-1-7-28-20/h1-7,12-13H,8-11H2,(H2,30,31,34). The van der Waals surface area contributed by atoms with E-state index in [0.717, 1.165) is 18.2 Å². The molecule has 1 aromatic carbocycles. The van der Waals surface area contributed by atoms with Crippen molar-refractivity contribution in [2.45, 2.75) is 6.18 Å². The predicted octanol–water partition coefficient (Wildman–Crippen LogP) is 4.74. The smallest absolute Gasteiger partial charge is 0.353 e. The molecule has 0 unspecified atom stereocenters. The number of aromatic nitrogens is 2. The second-order valence-electron chi connectivity index (χ2n) is 7.45. The van der Waals surface area contributed by atoms with Gasteiger partial charge in [0.1, 0.15) is 23.3 Å². The molecule has 0 aliphatic carbocycles. The van der Waals surface area contributed by atoms with Crippen LogP contribution in [-0.4, -0.2) is 42.2 Å². The van der Waals surface area contributed by atoms with Gasteiger partial charge in [0, 0.05) is 38.4 Å². The van der Waals surface area contributed by atoms with Crippen molar-refractivity contribution in [1.82, 2.24) is 9.97 Å². The number of anilines is 4. The van der Waals surface area contributed by atoms with Crippen molar-refractivity contribution in [3.63, 3.8) is 0 Å². The zero-order chi connectivity index (χ0) is 24.3. The first-order valence-corrected chi connectivity index (χ1v) is 10.2. The lowest BCUT2D eigenvalue weighted by Crippen LogP contribution is -2.47. The molecule has 7 nitrogen and oxygen atoms in total. The van der Waals surface area contributed by atoms with Gasteiger partial charge in [0.15, 0.2) is 0 Å². The summed E-state index contributed by atoms with van der Waals surface area (Å²) in [5.74, 6) is -1.17. The van der Waals surface area contributed by atoms with Crippen molar-refractivity contribution in [3.8, 4) is 0 Å². The normalized spacial score (nSPS) is 14.1. The number of nitrogens with one attached hydrogen (secondary N) is 2. The molecule has 3 heterocycles. The average Bonchev–Trinajstić information content (AvgIpc) is 2.81. The van der Waals surface area contributed by atoms with E-state index in [9.17, 15) is 26.7 Å². The van der Waals surface area contributed by atoms with Gasteiger partial charge in [0.05, 0.1) is 23.1 Å². The second kappa shape index (κ2) is 9.49. The molecule has 34 heavy (non-hydrogen) atoms. The van der Waals surface area contributed by atoms with Crippen LogP contribution in [0.1, 0.15) is 5.56 Å². The Hall–Kier alpha value is -3.96. The third-order valence-corrected chi connectivity index (χ3v) is 5.18. The van der Waals surface area contributed by atoms with Gasteiger partial charge in [-0.3, -0.25) is 0 Å². The van der Waals surface area contributed by atoms with Gasteiger partial charge in [-0.2, -0.15) is 13.2 Å². The molecule has 1 fully saturated rings. The van der Waals surface area contributed by atoms with Crippen LogP contribution in [0.15, 0.2) is 54.9 Å². The van der Waals surface area contributed by atoms with Crippen molar-refractivity contribution < 1.29 is 26.7 Å². The molecule has 4 rings (SSSR count). The highest BCUT2D eigenvalue weighted by molar-refractivity contribution is 5.99. The fourth-order valence-corrected chi connectivity index (χ4v) is 3.54. The Morgan fingerprint density at radius 1 is 0.912 bits per heavy atom. The molecule has 3 aromatic rings. The van der Waals surface area contributed by atoms with Gasteiger partial charge in [-0.25, -0.2) is 23.5 Å². The quantitative estimate of drug-likeness (QED) is 0.530. The van der Waals surface area contributed by atoms with Gasteiger partial charge in [-0.1, -0.05) is 0 Å². The van der Waals surface area contributed by atoms with Crippen molar-refractivity contribution >= 4 is 29.0 Å². The van der Waals surface area contributed by atoms with E-state index < -0.39 is 29.4 Å². The fraction of sp³-hybridized carbons (Fsp3) is 0.227. The summed E-state index contributed by atoms with van der Waals surface area (Å²) >= 11 is 0. The van der Waals surface area contributed by atoms with Crippen molar-refractivity contribution in [3.05, 3.63) is 72.1 Å². The average molecular weight is 478 g/mol. The SMILES string of the molecule is O=C(Nc1ccc(N2CCN(c3ncccc3C(F)(F)F)CC2)nc1)Nc1ccc(F)cc1F. The van der Waals surface area contributed by atoms with Crippen LogP contribution in [0, 0.1) is 11.6 Å². The molecular weight excluding hydrogens is 459 g/mol. The van der Waals surface area contributed by atoms with Crippen LogP contribution in [0.5, 0.6) is 0 Å². The Morgan fingerprint density at radius 2 is 1.65 bits per heavy atom. The van der Waals surface area contributed by atoms with Gasteiger partial charge in [0.25, 0.3) is 0 Å². The molecule has 1 aliphatic heterocycles. The summed E-state index contributed by atoms with van der Waals surface area (Å²) in [4.78, 5) is 23.8. The fourth-order valence-electron chi connectivity index (χ4n) is 3.54. The largest absolute Gasteiger partial charge is 0.419 e. The van der Waals surface area contributed by atoms with Gasteiger partial charge >= 0.3 is 12.2 Å². The topological polar surface area (TPSA) is 73.4 Å². The van der Waals surface area contributed by atoms with E-state index in [2.05, 4.69) is 20.6 Å². The van der Waals surface area contributed by atoms with E-state index in [4.69, 9.17) is 0 Å². The number of urea groups is 1. The molecular formula is C22H19F5N6O. The number of hydrogen-bond donors (Lipinski definition) is 2. The molecule has 178 valence electrons. The zero-order valence-electron chi connectivity index (χ0n) is 17.6. The third-order valence-electron chi connectivity index (χ3n) is 5.18. The number of piperazine rings is 1. The molecule has 2 N–H and O–H groups in total. The van der Waals surface area contributed by atoms with Gasteiger partial charge < -0.3 is 20.4 Å². The Kier molecular flexibility index (Phi) is 6.48. The maximum atomic E-state index is 13.7. The van der Waals surface area contributed by atoms with Crippen molar-refractivity contribution in [1.29, 1.82) is 0 Å². The van der Waals surface area contributed by atoms with E-state index in [-0.39, 0.29) is 11.5 Å². The highest BCUT2D eigenvalue weighted by Crippen LogP contribution is 2.35. The minimum absolute atomic E-state index is 0.0919. The number of nitrogens with zero attached hydrogens (tertiary/aromatic N) is 4. The summed E-state index contributed by atoms with van der Waals surface area (Å²) in [6, 6.07) is 7.58.